The van der Waals surface area contributed by atoms with Crippen LogP contribution in [-0.2, 0) is 7.05 Å². The van der Waals surface area contributed by atoms with Crippen molar-refractivity contribution >= 4 is 28.1 Å². The Morgan fingerprint density at radius 3 is 1.95 bits per heavy atom. The topological polar surface area (TPSA) is 15.3 Å². The molecular weight excluding hydrogens is 488 g/mol. The Kier molecular flexibility index (Phi) is 6.45. The van der Waals surface area contributed by atoms with Crippen LogP contribution >= 0.6 is 0 Å². The molecule has 4 aromatic carbocycles. The predicted octanol–water partition coefficient (Wildman–Crippen LogP) is 8.61. The summed E-state index contributed by atoms with van der Waals surface area (Å²) in [7, 11) is 4.41. The quantitative estimate of drug-likeness (QED) is 0.212. The van der Waals surface area contributed by atoms with E-state index in [0.717, 1.165) is 0 Å². The minimum absolute atomic E-state index is 0.222. The number of benzene rings is 4. The zero-order valence-corrected chi connectivity index (χ0v) is 25.1. The summed E-state index contributed by atoms with van der Waals surface area (Å²) in [4.78, 5) is 4.86. The van der Waals surface area contributed by atoms with Gasteiger partial charge >= 0.3 is 0 Å². The van der Waals surface area contributed by atoms with Gasteiger partial charge in [-0.05, 0) is 67.6 Å². The van der Waals surface area contributed by atoms with E-state index in [1.807, 2.05) is 0 Å². The van der Waals surface area contributed by atoms with Gasteiger partial charge in [-0.3, -0.25) is 0 Å². The van der Waals surface area contributed by atoms with E-state index in [1.54, 1.807) is 0 Å². The van der Waals surface area contributed by atoms with E-state index in [2.05, 4.69) is 160 Å². The lowest BCUT2D eigenvalue weighted by Gasteiger charge is -2.29. The SMILES string of the molecule is Cc1c(-c2n(-c3c(C(C)C)cccc3C(C)C)c3ccccc3[n+]2C)cccc1N1c2ccccc2N(C)[C@@H]1C. The molecule has 5 aromatic rings. The molecule has 0 N–H and O–H groups in total. The highest BCUT2D eigenvalue weighted by molar-refractivity contribution is 5.87. The van der Waals surface area contributed by atoms with E-state index in [9.17, 15) is 0 Å². The summed E-state index contributed by atoms with van der Waals surface area (Å²) >= 11 is 0. The smallest absolute Gasteiger partial charge is 0.295 e. The summed E-state index contributed by atoms with van der Waals surface area (Å²) in [5, 5.41) is 0. The van der Waals surface area contributed by atoms with Gasteiger partial charge in [0.15, 0.2) is 11.0 Å². The summed E-state index contributed by atoms with van der Waals surface area (Å²) < 4.78 is 4.93. The molecule has 0 radical (unpaired) electrons. The number of nitrogens with zero attached hydrogens (tertiary/aromatic N) is 4. The Morgan fingerprint density at radius 1 is 0.700 bits per heavy atom. The maximum absolute atomic E-state index is 2.54. The number of para-hydroxylation sites is 5. The van der Waals surface area contributed by atoms with Crippen molar-refractivity contribution in [1.82, 2.24) is 4.57 Å². The third-order valence-corrected chi connectivity index (χ3v) is 8.84. The first-order chi connectivity index (χ1) is 19.2. The Morgan fingerprint density at radius 2 is 1.27 bits per heavy atom. The zero-order valence-electron chi connectivity index (χ0n) is 25.1. The van der Waals surface area contributed by atoms with Crippen LogP contribution in [0.2, 0.25) is 0 Å². The van der Waals surface area contributed by atoms with E-state index < -0.39 is 0 Å². The highest BCUT2D eigenvalue weighted by Crippen LogP contribution is 2.46. The molecule has 1 aliphatic heterocycles. The first-order valence-electron chi connectivity index (χ1n) is 14.6. The molecule has 0 bridgehead atoms. The van der Waals surface area contributed by atoms with Crippen LogP contribution < -0.4 is 14.4 Å². The average Bonchev–Trinajstić information content (AvgIpc) is 3.38. The molecule has 1 aromatic heterocycles. The Balaban J connectivity index is 1.67. The average molecular weight is 530 g/mol. The Bertz CT molecular complexity index is 1700. The maximum atomic E-state index is 2.54. The molecular formula is C36H41N4+. The predicted molar refractivity (Wildman–Crippen MR) is 169 cm³/mol. The third kappa shape index (κ3) is 3.84. The van der Waals surface area contributed by atoms with Crippen molar-refractivity contribution in [2.24, 2.45) is 7.05 Å². The molecule has 1 aliphatic rings. The lowest BCUT2D eigenvalue weighted by atomic mass is 9.92. The summed E-state index contributed by atoms with van der Waals surface area (Å²) in [5.41, 5.74) is 12.9. The molecule has 4 heteroatoms. The van der Waals surface area contributed by atoms with Gasteiger partial charge in [-0.25, -0.2) is 4.57 Å². The van der Waals surface area contributed by atoms with Gasteiger partial charge in [0.25, 0.3) is 5.82 Å². The van der Waals surface area contributed by atoms with Gasteiger partial charge in [-0.15, -0.1) is 0 Å². The van der Waals surface area contributed by atoms with Crippen LogP contribution in [0.4, 0.5) is 17.1 Å². The second-order valence-corrected chi connectivity index (χ2v) is 11.9. The fraction of sp³-hybridized carbons (Fsp3) is 0.306. The summed E-state index contributed by atoms with van der Waals surface area (Å²) in [6.07, 6.45) is 0.222. The van der Waals surface area contributed by atoms with Crippen molar-refractivity contribution in [3.8, 4) is 17.1 Å². The van der Waals surface area contributed by atoms with Gasteiger partial charge in [-0.1, -0.05) is 76.2 Å². The van der Waals surface area contributed by atoms with Crippen molar-refractivity contribution < 1.29 is 4.57 Å². The molecule has 0 aliphatic carbocycles. The van der Waals surface area contributed by atoms with Crippen molar-refractivity contribution in [2.45, 2.75) is 59.5 Å². The second-order valence-electron chi connectivity index (χ2n) is 11.9. The highest BCUT2D eigenvalue weighted by atomic mass is 15.4. The van der Waals surface area contributed by atoms with Crippen LogP contribution in [-0.4, -0.2) is 17.8 Å². The second kappa shape index (κ2) is 9.85. The molecule has 4 nitrogen and oxygen atoms in total. The normalized spacial score (nSPS) is 15.1. The maximum Gasteiger partial charge on any atom is 0.295 e. The van der Waals surface area contributed by atoms with E-state index in [-0.39, 0.29) is 6.17 Å². The van der Waals surface area contributed by atoms with Crippen LogP contribution in [0.1, 0.15) is 63.1 Å². The molecule has 0 fully saturated rings. The van der Waals surface area contributed by atoms with Crippen LogP contribution in [0.25, 0.3) is 28.1 Å². The van der Waals surface area contributed by atoms with E-state index in [0.29, 0.717) is 11.8 Å². The molecule has 0 unspecified atom stereocenters. The molecule has 1 atom stereocenters. The molecule has 0 amide bonds. The van der Waals surface area contributed by atoms with Crippen molar-refractivity contribution in [1.29, 1.82) is 0 Å². The number of rotatable bonds is 5. The number of fused-ring (bicyclic) bond motifs is 2. The van der Waals surface area contributed by atoms with E-state index >= 15 is 0 Å². The summed E-state index contributed by atoms with van der Waals surface area (Å²) in [6.45, 7) is 13.8. The fourth-order valence-electron chi connectivity index (χ4n) is 6.61. The van der Waals surface area contributed by atoms with Crippen LogP contribution in [0.5, 0.6) is 0 Å². The van der Waals surface area contributed by atoms with Gasteiger partial charge in [0.1, 0.15) is 11.9 Å². The number of hydrogen-bond acceptors (Lipinski definition) is 2. The molecule has 204 valence electrons. The number of aryl methyl sites for hydroxylation is 1. The van der Waals surface area contributed by atoms with Crippen LogP contribution in [0.15, 0.2) is 84.9 Å². The third-order valence-electron chi connectivity index (χ3n) is 8.84. The van der Waals surface area contributed by atoms with E-state index in [1.165, 1.54) is 61.9 Å². The van der Waals surface area contributed by atoms with Crippen molar-refractivity contribution in [3.63, 3.8) is 0 Å². The standard InChI is InChI=1S/C36H41N4/c1-23(2)27-15-13-16-28(24(3)4)35(27)40-34-21-12-10-19-32(34)38(8)36(40)29-17-14-22-30(25(29)5)39-26(6)37(7)31-18-9-11-20-33(31)39/h9-24,26H,1-8H3/q+1/t26-/m0/s1. The Hall–Kier alpha value is -4.05. The molecule has 0 saturated carbocycles. The summed E-state index contributed by atoms with van der Waals surface area (Å²) in [5.74, 6) is 2.01. The van der Waals surface area contributed by atoms with Crippen molar-refractivity contribution in [2.75, 3.05) is 16.8 Å². The highest BCUT2D eigenvalue weighted by Gasteiger charge is 2.35. The minimum Gasteiger partial charge on any atom is -0.353 e. The first-order valence-corrected chi connectivity index (χ1v) is 14.6. The number of aromatic nitrogens is 2. The van der Waals surface area contributed by atoms with Crippen LogP contribution in [0, 0.1) is 6.92 Å². The summed E-state index contributed by atoms with van der Waals surface area (Å²) in [6, 6.07) is 31.2. The zero-order chi connectivity index (χ0) is 28.3. The van der Waals surface area contributed by atoms with E-state index in [4.69, 9.17) is 0 Å². The monoisotopic (exact) mass is 529 g/mol. The first kappa shape index (κ1) is 26.2. The van der Waals surface area contributed by atoms with Gasteiger partial charge in [-0.2, -0.15) is 4.57 Å². The largest absolute Gasteiger partial charge is 0.353 e. The minimum atomic E-state index is 0.222. The molecule has 6 rings (SSSR count). The van der Waals surface area contributed by atoms with Gasteiger partial charge in [0.2, 0.25) is 0 Å². The number of hydrogen-bond donors (Lipinski definition) is 0. The molecule has 0 spiro atoms. The van der Waals surface area contributed by atoms with Gasteiger partial charge < -0.3 is 9.80 Å². The Labute approximate surface area is 239 Å². The number of imidazole rings is 1. The number of anilines is 3. The lowest BCUT2D eigenvalue weighted by molar-refractivity contribution is -0.633. The molecule has 40 heavy (non-hydrogen) atoms. The molecule has 2 heterocycles. The fourth-order valence-corrected chi connectivity index (χ4v) is 6.61. The lowest BCUT2D eigenvalue weighted by Crippen LogP contribution is -2.36. The van der Waals surface area contributed by atoms with Crippen LogP contribution in [0.3, 0.4) is 0 Å². The van der Waals surface area contributed by atoms with Crippen molar-refractivity contribution in [3.05, 3.63) is 102 Å². The molecule has 0 saturated heterocycles. The van der Waals surface area contributed by atoms with Gasteiger partial charge in [0, 0.05) is 23.9 Å². The van der Waals surface area contributed by atoms with Gasteiger partial charge in [0.05, 0.1) is 24.0 Å².